The van der Waals surface area contributed by atoms with Crippen LogP contribution in [0.25, 0.3) is 0 Å². The van der Waals surface area contributed by atoms with E-state index < -0.39 is 0 Å². The number of nitrogens with one attached hydrogen (secondary N) is 1. The molecule has 0 spiro atoms. The van der Waals surface area contributed by atoms with Gasteiger partial charge in [-0.1, -0.05) is 36.5 Å². The lowest BCUT2D eigenvalue weighted by molar-refractivity contribution is 0.818. The highest BCUT2D eigenvalue weighted by Gasteiger charge is 1.94. The first-order valence-electron chi connectivity index (χ1n) is 3.77. The first-order valence-corrected chi connectivity index (χ1v) is 4.18. The van der Waals surface area contributed by atoms with E-state index in [4.69, 9.17) is 18.0 Å². The quantitative estimate of drug-likeness (QED) is 0.683. The van der Waals surface area contributed by atoms with Gasteiger partial charge in [0.1, 0.15) is 4.99 Å². The standard InChI is InChI=1S/C9H12N2S/c1-11-6-7-2-4-8(5-3-7)9(10)12/h2-5,11H,6H2,1H3,(H2,10,12). The molecule has 0 radical (unpaired) electrons. The van der Waals surface area contributed by atoms with E-state index in [-0.39, 0.29) is 0 Å². The molecule has 64 valence electrons. The zero-order valence-electron chi connectivity index (χ0n) is 7.00. The summed E-state index contributed by atoms with van der Waals surface area (Å²) in [6.07, 6.45) is 0. The van der Waals surface area contributed by atoms with Crippen molar-refractivity contribution in [3.05, 3.63) is 35.4 Å². The molecule has 0 aliphatic heterocycles. The van der Waals surface area contributed by atoms with Gasteiger partial charge in [-0.15, -0.1) is 0 Å². The van der Waals surface area contributed by atoms with Crippen molar-refractivity contribution in [1.82, 2.24) is 5.32 Å². The monoisotopic (exact) mass is 180 g/mol. The summed E-state index contributed by atoms with van der Waals surface area (Å²) in [4.78, 5) is 0.450. The second kappa shape index (κ2) is 4.18. The van der Waals surface area contributed by atoms with Crippen LogP contribution in [0, 0.1) is 0 Å². The molecular formula is C9H12N2S. The van der Waals surface area contributed by atoms with Gasteiger partial charge in [0.05, 0.1) is 0 Å². The molecule has 0 unspecified atom stereocenters. The van der Waals surface area contributed by atoms with E-state index in [1.54, 1.807) is 0 Å². The minimum Gasteiger partial charge on any atom is -0.389 e. The SMILES string of the molecule is CNCc1ccc(C(N)=S)cc1. The molecule has 0 fully saturated rings. The summed E-state index contributed by atoms with van der Waals surface area (Å²) < 4.78 is 0. The van der Waals surface area contributed by atoms with Gasteiger partial charge in [0.2, 0.25) is 0 Å². The van der Waals surface area contributed by atoms with Crippen molar-refractivity contribution in [2.75, 3.05) is 7.05 Å². The van der Waals surface area contributed by atoms with E-state index in [9.17, 15) is 0 Å². The first-order chi connectivity index (χ1) is 5.74. The molecule has 12 heavy (non-hydrogen) atoms. The van der Waals surface area contributed by atoms with E-state index in [1.807, 2.05) is 31.3 Å². The highest BCUT2D eigenvalue weighted by molar-refractivity contribution is 7.80. The molecule has 0 aliphatic rings. The first kappa shape index (κ1) is 9.16. The maximum absolute atomic E-state index is 5.45. The van der Waals surface area contributed by atoms with Gasteiger partial charge in [0, 0.05) is 12.1 Å². The van der Waals surface area contributed by atoms with Crippen molar-refractivity contribution in [3.63, 3.8) is 0 Å². The predicted molar refractivity (Wildman–Crippen MR) is 55.1 cm³/mol. The summed E-state index contributed by atoms with van der Waals surface area (Å²) in [6.45, 7) is 0.873. The molecule has 3 N–H and O–H groups in total. The molecule has 0 atom stereocenters. The van der Waals surface area contributed by atoms with Crippen LogP contribution in [0.15, 0.2) is 24.3 Å². The Bertz CT molecular complexity index is 266. The Balaban J connectivity index is 2.78. The molecule has 2 nitrogen and oxygen atoms in total. The zero-order chi connectivity index (χ0) is 8.97. The summed E-state index contributed by atoms with van der Waals surface area (Å²) in [5.41, 5.74) is 7.61. The van der Waals surface area contributed by atoms with Gasteiger partial charge in [-0.05, 0) is 12.6 Å². The normalized spacial score (nSPS) is 9.75. The number of benzene rings is 1. The number of thiocarbonyl (C=S) groups is 1. The molecule has 1 aromatic carbocycles. The molecule has 3 heteroatoms. The predicted octanol–water partition coefficient (Wildman–Crippen LogP) is 1.04. The number of hydrogen-bond acceptors (Lipinski definition) is 2. The average molecular weight is 180 g/mol. The molecule has 0 amide bonds. The van der Waals surface area contributed by atoms with Gasteiger partial charge in [0.25, 0.3) is 0 Å². The molecular weight excluding hydrogens is 168 g/mol. The van der Waals surface area contributed by atoms with Crippen LogP contribution >= 0.6 is 12.2 Å². The lowest BCUT2D eigenvalue weighted by atomic mass is 10.1. The molecule has 0 saturated carbocycles. The highest BCUT2D eigenvalue weighted by Crippen LogP contribution is 2.03. The average Bonchev–Trinajstić information content (AvgIpc) is 2.06. The number of nitrogens with two attached hydrogens (primary N) is 1. The minimum atomic E-state index is 0.450. The van der Waals surface area contributed by atoms with Crippen LogP contribution < -0.4 is 11.1 Å². The minimum absolute atomic E-state index is 0.450. The molecule has 1 rings (SSSR count). The lowest BCUT2D eigenvalue weighted by Gasteiger charge is -2.01. The number of rotatable bonds is 3. The second-order valence-corrected chi connectivity index (χ2v) is 3.03. The summed E-state index contributed by atoms with van der Waals surface area (Å²) in [7, 11) is 1.92. The molecule has 0 heterocycles. The largest absolute Gasteiger partial charge is 0.389 e. The Labute approximate surface area is 77.8 Å². The lowest BCUT2D eigenvalue weighted by Crippen LogP contribution is -2.10. The molecule has 0 aromatic heterocycles. The molecule has 0 bridgehead atoms. The zero-order valence-corrected chi connectivity index (χ0v) is 7.82. The Morgan fingerprint density at radius 2 is 2.00 bits per heavy atom. The fourth-order valence-electron chi connectivity index (χ4n) is 0.991. The van der Waals surface area contributed by atoms with Crippen molar-refractivity contribution in [1.29, 1.82) is 0 Å². The topological polar surface area (TPSA) is 38.0 Å². The van der Waals surface area contributed by atoms with Gasteiger partial charge in [-0.25, -0.2) is 0 Å². The Morgan fingerprint density at radius 3 is 2.42 bits per heavy atom. The van der Waals surface area contributed by atoms with Crippen LogP contribution in [0.5, 0.6) is 0 Å². The van der Waals surface area contributed by atoms with Crippen molar-refractivity contribution >= 4 is 17.2 Å². The van der Waals surface area contributed by atoms with E-state index in [0.29, 0.717) is 4.99 Å². The smallest absolute Gasteiger partial charge is 0.103 e. The van der Waals surface area contributed by atoms with Crippen LogP contribution in [0.2, 0.25) is 0 Å². The summed E-state index contributed by atoms with van der Waals surface area (Å²) >= 11 is 4.83. The highest BCUT2D eigenvalue weighted by atomic mass is 32.1. The second-order valence-electron chi connectivity index (χ2n) is 2.59. The van der Waals surface area contributed by atoms with Crippen LogP contribution in [0.1, 0.15) is 11.1 Å². The van der Waals surface area contributed by atoms with Crippen molar-refractivity contribution in [2.45, 2.75) is 6.54 Å². The van der Waals surface area contributed by atoms with Crippen molar-refractivity contribution in [3.8, 4) is 0 Å². The van der Waals surface area contributed by atoms with Crippen molar-refractivity contribution in [2.24, 2.45) is 5.73 Å². The third-order valence-electron chi connectivity index (χ3n) is 1.62. The van der Waals surface area contributed by atoms with E-state index in [2.05, 4.69) is 5.32 Å². The van der Waals surface area contributed by atoms with Gasteiger partial charge < -0.3 is 11.1 Å². The molecule has 0 saturated heterocycles. The van der Waals surface area contributed by atoms with Gasteiger partial charge in [0.15, 0.2) is 0 Å². The Hall–Kier alpha value is -0.930. The van der Waals surface area contributed by atoms with Crippen LogP contribution in [-0.4, -0.2) is 12.0 Å². The van der Waals surface area contributed by atoms with Gasteiger partial charge >= 0.3 is 0 Å². The Kier molecular flexibility index (Phi) is 3.19. The fourth-order valence-corrected chi connectivity index (χ4v) is 1.13. The van der Waals surface area contributed by atoms with E-state index >= 15 is 0 Å². The summed E-state index contributed by atoms with van der Waals surface area (Å²) in [6, 6.07) is 7.92. The third kappa shape index (κ3) is 2.29. The summed E-state index contributed by atoms with van der Waals surface area (Å²) in [5, 5.41) is 3.07. The van der Waals surface area contributed by atoms with E-state index in [1.165, 1.54) is 5.56 Å². The fraction of sp³-hybridized carbons (Fsp3) is 0.222. The molecule has 0 aliphatic carbocycles. The van der Waals surface area contributed by atoms with Crippen LogP contribution in [0.4, 0.5) is 0 Å². The Morgan fingerprint density at radius 1 is 1.42 bits per heavy atom. The third-order valence-corrected chi connectivity index (χ3v) is 1.86. The summed E-state index contributed by atoms with van der Waals surface area (Å²) in [5.74, 6) is 0. The molecule has 1 aromatic rings. The maximum Gasteiger partial charge on any atom is 0.103 e. The van der Waals surface area contributed by atoms with Crippen molar-refractivity contribution < 1.29 is 0 Å². The van der Waals surface area contributed by atoms with E-state index in [0.717, 1.165) is 12.1 Å². The van der Waals surface area contributed by atoms with Gasteiger partial charge in [-0.2, -0.15) is 0 Å². The van der Waals surface area contributed by atoms with Crippen LogP contribution in [-0.2, 0) is 6.54 Å². The van der Waals surface area contributed by atoms with Gasteiger partial charge in [-0.3, -0.25) is 0 Å². The maximum atomic E-state index is 5.45. The van der Waals surface area contributed by atoms with Crippen LogP contribution in [0.3, 0.4) is 0 Å². The number of hydrogen-bond donors (Lipinski definition) is 2.